The maximum Gasteiger partial charge on any atom is 0.150 e. The van der Waals surface area contributed by atoms with E-state index in [0.29, 0.717) is 25.7 Å². The van der Waals surface area contributed by atoms with Crippen LogP contribution in [0.5, 0.6) is 0 Å². The number of hydrogen-bond donors (Lipinski definition) is 1. The van der Waals surface area contributed by atoms with Crippen LogP contribution in [0.3, 0.4) is 0 Å². The fourth-order valence-electron chi connectivity index (χ4n) is 2.35. The van der Waals surface area contributed by atoms with Crippen molar-refractivity contribution in [3.8, 4) is 0 Å². The molecule has 0 atom stereocenters. The number of nitrogens with zero attached hydrogens (tertiary/aromatic N) is 1. The predicted molar refractivity (Wildman–Crippen MR) is 63.7 cm³/mol. The van der Waals surface area contributed by atoms with Crippen LogP contribution in [0.25, 0.3) is 0 Å². The highest BCUT2D eigenvalue weighted by molar-refractivity contribution is 5.76. The Kier molecular flexibility index (Phi) is 3.61. The first-order valence-electron chi connectivity index (χ1n) is 5.84. The van der Waals surface area contributed by atoms with Crippen molar-refractivity contribution in [2.24, 2.45) is 5.92 Å². The van der Waals surface area contributed by atoms with Gasteiger partial charge in [0.05, 0.1) is 6.10 Å². The zero-order valence-electron chi connectivity index (χ0n) is 10.1. The number of aliphatic hydroxyl groups excluding tert-OH is 1. The van der Waals surface area contributed by atoms with Gasteiger partial charge in [-0.05, 0) is 30.9 Å². The van der Waals surface area contributed by atoms with Crippen molar-refractivity contribution in [3.05, 3.63) is 29.3 Å². The quantitative estimate of drug-likeness (QED) is 0.836. The summed E-state index contributed by atoms with van der Waals surface area (Å²) in [4.78, 5) is 12.0. The SMILES string of the molecule is CN(CC1CC(O)C1)c1c(F)cc(C=O)cc1F. The first kappa shape index (κ1) is 13.0. The van der Waals surface area contributed by atoms with Crippen molar-refractivity contribution in [2.45, 2.75) is 18.9 Å². The zero-order chi connectivity index (χ0) is 13.3. The van der Waals surface area contributed by atoms with Crippen LogP contribution in [0, 0.1) is 17.6 Å². The van der Waals surface area contributed by atoms with Crippen LogP contribution >= 0.6 is 0 Å². The Morgan fingerprint density at radius 3 is 2.39 bits per heavy atom. The first-order valence-corrected chi connectivity index (χ1v) is 5.84. The molecular weight excluding hydrogens is 240 g/mol. The van der Waals surface area contributed by atoms with Crippen molar-refractivity contribution in [1.29, 1.82) is 0 Å². The fourth-order valence-corrected chi connectivity index (χ4v) is 2.35. The van der Waals surface area contributed by atoms with Crippen molar-refractivity contribution in [2.75, 3.05) is 18.5 Å². The number of benzene rings is 1. The van der Waals surface area contributed by atoms with E-state index in [4.69, 9.17) is 0 Å². The zero-order valence-corrected chi connectivity index (χ0v) is 10.1. The van der Waals surface area contributed by atoms with Gasteiger partial charge in [0.25, 0.3) is 0 Å². The number of halogens is 2. The summed E-state index contributed by atoms with van der Waals surface area (Å²) >= 11 is 0. The Hall–Kier alpha value is -1.49. The van der Waals surface area contributed by atoms with E-state index in [2.05, 4.69) is 0 Å². The number of anilines is 1. The second-order valence-corrected chi connectivity index (χ2v) is 4.82. The van der Waals surface area contributed by atoms with E-state index < -0.39 is 11.6 Å². The van der Waals surface area contributed by atoms with Gasteiger partial charge in [-0.15, -0.1) is 0 Å². The van der Waals surface area contributed by atoms with E-state index in [1.165, 1.54) is 4.90 Å². The van der Waals surface area contributed by atoms with Crippen LogP contribution in [0.2, 0.25) is 0 Å². The number of aldehydes is 1. The minimum absolute atomic E-state index is 0.0128. The van der Waals surface area contributed by atoms with E-state index in [1.807, 2.05) is 0 Å². The Morgan fingerprint density at radius 2 is 1.94 bits per heavy atom. The molecule has 0 amide bonds. The highest BCUT2D eigenvalue weighted by atomic mass is 19.1. The summed E-state index contributed by atoms with van der Waals surface area (Å²) in [5, 5.41) is 9.17. The molecule has 0 unspecified atom stereocenters. The normalized spacial score (nSPS) is 22.4. The predicted octanol–water partition coefficient (Wildman–Crippen LogP) is 1.98. The Balaban J connectivity index is 2.14. The molecule has 1 aromatic carbocycles. The topological polar surface area (TPSA) is 40.5 Å². The lowest BCUT2D eigenvalue weighted by molar-refractivity contribution is 0.0464. The van der Waals surface area contributed by atoms with Crippen molar-refractivity contribution in [3.63, 3.8) is 0 Å². The monoisotopic (exact) mass is 255 g/mol. The van der Waals surface area contributed by atoms with Gasteiger partial charge in [0.1, 0.15) is 23.6 Å². The summed E-state index contributed by atoms with van der Waals surface area (Å²) in [5.74, 6) is -1.21. The summed E-state index contributed by atoms with van der Waals surface area (Å²) in [5.41, 5.74) is -0.136. The van der Waals surface area contributed by atoms with Gasteiger partial charge in [-0.1, -0.05) is 0 Å². The molecule has 0 heterocycles. The maximum atomic E-state index is 13.7. The van der Waals surface area contributed by atoms with Crippen molar-refractivity contribution >= 4 is 12.0 Å². The van der Waals surface area contributed by atoms with Gasteiger partial charge in [0.2, 0.25) is 0 Å². The molecule has 5 heteroatoms. The average molecular weight is 255 g/mol. The molecule has 1 N–H and O–H groups in total. The summed E-state index contributed by atoms with van der Waals surface area (Å²) in [7, 11) is 1.60. The van der Waals surface area contributed by atoms with Gasteiger partial charge in [0.15, 0.2) is 0 Å². The molecule has 0 aliphatic heterocycles. The minimum atomic E-state index is -0.737. The van der Waals surface area contributed by atoms with Crippen LogP contribution in [0.1, 0.15) is 23.2 Å². The number of carbonyl (C=O) groups excluding carboxylic acids is 1. The van der Waals surface area contributed by atoms with Crippen LogP contribution in [0.4, 0.5) is 14.5 Å². The third-order valence-electron chi connectivity index (χ3n) is 3.30. The molecule has 98 valence electrons. The first-order chi connectivity index (χ1) is 8.51. The van der Waals surface area contributed by atoms with Gasteiger partial charge in [0, 0.05) is 19.2 Å². The van der Waals surface area contributed by atoms with E-state index in [9.17, 15) is 18.7 Å². The minimum Gasteiger partial charge on any atom is -0.393 e. The molecule has 1 aliphatic carbocycles. The molecule has 0 radical (unpaired) electrons. The molecule has 1 aliphatic rings. The molecule has 1 aromatic rings. The van der Waals surface area contributed by atoms with E-state index in [0.717, 1.165) is 12.1 Å². The standard InChI is InChI=1S/C13H15F2NO2/c1-16(6-8-2-10(18)3-8)13-11(14)4-9(7-17)5-12(13)15/h4-5,7-8,10,18H,2-3,6H2,1H3. The molecule has 1 saturated carbocycles. The van der Waals surface area contributed by atoms with Crippen molar-refractivity contribution in [1.82, 2.24) is 0 Å². The maximum absolute atomic E-state index is 13.7. The highest BCUT2D eigenvalue weighted by Gasteiger charge is 2.29. The van der Waals surface area contributed by atoms with Gasteiger partial charge >= 0.3 is 0 Å². The van der Waals surface area contributed by atoms with Crippen molar-refractivity contribution < 1.29 is 18.7 Å². The molecular formula is C13H15F2NO2. The Bertz CT molecular complexity index is 435. The van der Waals surface area contributed by atoms with E-state index in [-0.39, 0.29) is 23.3 Å². The van der Waals surface area contributed by atoms with Gasteiger partial charge in [-0.2, -0.15) is 0 Å². The lowest BCUT2D eigenvalue weighted by atomic mass is 9.82. The van der Waals surface area contributed by atoms with Crippen LogP contribution in [0.15, 0.2) is 12.1 Å². The lowest BCUT2D eigenvalue weighted by Gasteiger charge is -2.35. The molecule has 1 fully saturated rings. The molecule has 0 saturated heterocycles. The third kappa shape index (κ3) is 2.51. The van der Waals surface area contributed by atoms with Gasteiger partial charge in [-0.25, -0.2) is 8.78 Å². The Labute approximate surface area is 104 Å². The molecule has 2 rings (SSSR count). The molecule has 0 spiro atoms. The second-order valence-electron chi connectivity index (χ2n) is 4.82. The Morgan fingerprint density at radius 1 is 1.39 bits per heavy atom. The molecule has 0 bridgehead atoms. The summed E-state index contributed by atoms with van der Waals surface area (Å²) < 4.78 is 27.4. The molecule has 0 aromatic heterocycles. The largest absolute Gasteiger partial charge is 0.393 e. The summed E-state index contributed by atoms with van der Waals surface area (Å²) in [6.45, 7) is 0.491. The molecule has 3 nitrogen and oxygen atoms in total. The molecule has 18 heavy (non-hydrogen) atoms. The summed E-state index contributed by atoms with van der Waals surface area (Å²) in [6, 6.07) is 2.05. The third-order valence-corrected chi connectivity index (χ3v) is 3.30. The smallest absolute Gasteiger partial charge is 0.150 e. The number of carbonyl (C=O) groups is 1. The number of hydrogen-bond acceptors (Lipinski definition) is 3. The van der Waals surface area contributed by atoms with E-state index >= 15 is 0 Å². The van der Waals surface area contributed by atoms with Gasteiger partial charge in [-0.3, -0.25) is 4.79 Å². The van der Waals surface area contributed by atoms with Gasteiger partial charge < -0.3 is 10.0 Å². The second kappa shape index (κ2) is 5.02. The average Bonchev–Trinajstić information content (AvgIpc) is 2.25. The highest BCUT2D eigenvalue weighted by Crippen LogP contribution is 2.31. The fraction of sp³-hybridized carbons (Fsp3) is 0.462. The van der Waals surface area contributed by atoms with Crippen LogP contribution in [-0.4, -0.2) is 31.1 Å². The lowest BCUT2D eigenvalue weighted by Crippen LogP contribution is -2.37. The van der Waals surface area contributed by atoms with E-state index in [1.54, 1.807) is 7.05 Å². The number of aliphatic hydroxyl groups is 1. The van der Waals surface area contributed by atoms with Crippen LogP contribution in [-0.2, 0) is 0 Å². The van der Waals surface area contributed by atoms with Crippen LogP contribution < -0.4 is 4.90 Å². The summed E-state index contributed by atoms with van der Waals surface area (Å²) in [6.07, 6.45) is 1.47. The number of rotatable bonds is 4.